The predicted molar refractivity (Wildman–Crippen MR) is 80.8 cm³/mol. The molecule has 0 radical (unpaired) electrons. The molecule has 4 heteroatoms. The van der Waals surface area contributed by atoms with E-state index >= 15 is 0 Å². The third-order valence-electron chi connectivity index (χ3n) is 4.18. The van der Waals surface area contributed by atoms with Crippen LogP contribution in [0.3, 0.4) is 0 Å². The van der Waals surface area contributed by atoms with Gasteiger partial charge in [-0.15, -0.1) is 0 Å². The molecule has 0 bridgehead atoms. The number of hydrogen-bond acceptors (Lipinski definition) is 3. The lowest BCUT2D eigenvalue weighted by Crippen LogP contribution is -2.44. The molecule has 1 aliphatic rings. The highest BCUT2D eigenvalue weighted by Crippen LogP contribution is 2.30. The van der Waals surface area contributed by atoms with Crippen molar-refractivity contribution in [1.29, 1.82) is 0 Å². The summed E-state index contributed by atoms with van der Waals surface area (Å²) in [4.78, 5) is 12.2. The van der Waals surface area contributed by atoms with E-state index in [1.165, 1.54) is 6.42 Å². The van der Waals surface area contributed by atoms with Crippen LogP contribution in [0.1, 0.15) is 49.7 Å². The number of phenolic OH excluding ortho intramolecular Hbond substituents is 1. The van der Waals surface area contributed by atoms with Crippen LogP contribution in [-0.2, 0) is 4.79 Å². The fourth-order valence-electron chi connectivity index (χ4n) is 2.88. The number of phenols is 1. The van der Waals surface area contributed by atoms with Crippen LogP contribution < -0.4 is 11.1 Å². The van der Waals surface area contributed by atoms with Gasteiger partial charge in [0.1, 0.15) is 5.75 Å². The molecule has 0 saturated heterocycles. The monoisotopic (exact) mass is 276 g/mol. The van der Waals surface area contributed by atoms with Crippen molar-refractivity contribution < 1.29 is 9.90 Å². The van der Waals surface area contributed by atoms with Crippen molar-refractivity contribution in [1.82, 2.24) is 0 Å². The maximum absolute atomic E-state index is 12.2. The van der Waals surface area contributed by atoms with Gasteiger partial charge in [-0.2, -0.15) is 0 Å². The lowest BCUT2D eigenvalue weighted by Gasteiger charge is -2.32. The normalized spacial score (nSPS) is 17.8. The number of nitrogens with two attached hydrogens (primary N) is 1. The van der Waals surface area contributed by atoms with E-state index in [1.54, 1.807) is 12.1 Å². The molecule has 0 unspecified atom stereocenters. The van der Waals surface area contributed by atoms with Crippen LogP contribution in [0.4, 0.5) is 5.69 Å². The third-order valence-corrected chi connectivity index (χ3v) is 4.18. The number of nitrogens with one attached hydrogen (secondary N) is 1. The van der Waals surface area contributed by atoms with E-state index in [-0.39, 0.29) is 17.2 Å². The number of carbonyl (C=O) groups is 1. The van der Waals surface area contributed by atoms with E-state index in [2.05, 4.69) is 5.32 Å². The van der Waals surface area contributed by atoms with Crippen molar-refractivity contribution in [3.63, 3.8) is 0 Å². The average Bonchev–Trinajstić information content (AvgIpc) is 2.36. The Morgan fingerprint density at radius 3 is 2.55 bits per heavy atom. The molecule has 2 rings (SSSR count). The Bertz CT molecular complexity index is 505. The second-order valence-corrected chi connectivity index (χ2v) is 6.10. The molecule has 0 atom stereocenters. The summed E-state index contributed by atoms with van der Waals surface area (Å²) < 4.78 is 0. The van der Waals surface area contributed by atoms with Gasteiger partial charge in [-0.25, -0.2) is 0 Å². The number of carbonyl (C=O) groups excluding carboxylic acids is 1. The van der Waals surface area contributed by atoms with Crippen molar-refractivity contribution in [2.75, 3.05) is 5.32 Å². The molecule has 4 nitrogen and oxygen atoms in total. The van der Waals surface area contributed by atoms with Gasteiger partial charge in [0, 0.05) is 17.6 Å². The first-order chi connectivity index (χ1) is 9.39. The molecule has 0 aliphatic heterocycles. The topological polar surface area (TPSA) is 75.4 Å². The van der Waals surface area contributed by atoms with E-state index in [0.717, 1.165) is 42.5 Å². The quantitative estimate of drug-likeness (QED) is 0.743. The molecule has 4 N–H and O–H groups in total. The zero-order valence-corrected chi connectivity index (χ0v) is 12.3. The minimum atomic E-state index is -0.345. The zero-order valence-electron chi connectivity index (χ0n) is 12.3. The summed E-state index contributed by atoms with van der Waals surface area (Å²) in [6, 6.07) is 3.47. The van der Waals surface area contributed by atoms with Gasteiger partial charge in [0.2, 0.25) is 5.91 Å². The Balaban J connectivity index is 2.03. The summed E-state index contributed by atoms with van der Waals surface area (Å²) in [7, 11) is 0. The largest absolute Gasteiger partial charge is 0.508 e. The molecular formula is C16H24N2O2. The molecular weight excluding hydrogens is 252 g/mol. The predicted octanol–water partition coefficient (Wildman–Crippen LogP) is 3.00. The first-order valence-corrected chi connectivity index (χ1v) is 7.29. The Kier molecular flexibility index (Phi) is 4.33. The number of aromatic hydroxyl groups is 1. The summed E-state index contributed by atoms with van der Waals surface area (Å²) in [5, 5.41) is 12.5. The molecule has 1 aromatic rings. The molecule has 110 valence electrons. The van der Waals surface area contributed by atoms with Crippen LogP contribution in [0, 0.1) is 13.8 Å². The molecule has 1 saturated carbocycles. The summed E-state index contributed by atoms with van der Waals surface area (Å²) >= 11 is 0. The van der Waals surface area contributed by atoms with Gasteiger partial charge >= 0.3 is 0 Å². The van der Waals surface area contributed by atoms with E-state index in [0.29, 0.717) is 6.42 Å². The molecule has 1 fully saturated rings. The second-order valence-electron chi connectivity index (χ2n) is 6.10. The maximum atomic E-state index is 12.2. The lowest BCUT2D eigenvalue weighted by molar-refractivity contribution is -0.117. The standard InChI is InChI=1S/C16H24N2O2/c1-11-9-14(19)12(2)8-13(11)18-15(20)10-16(17)6-4-3-5-7-16/h8-9,19H,3-7,10,17H2,1-2H3,(H,18,20). The lowest BCUT2D eigenvalue weighted by atomic mass is 9.80. The van der Waals surface area contributed by atoms with Gasteiger partial charge < -0.3 is 16.2 Å². The fraction of sp³-hybridized carbons (Fsp3) is 0.562. The van der Waals surface area contributed by atoms with Crippen molar-refractivity contribution in [2.24, 2.45) is 5.73 Å². The SMILES string of the molecule is Cc1cc(NC(=O)CC2(N)CCCCC2)c(C)cc1O. The fourth-order valence-corrected chi connectivity index (χ4v) is 2.88. The van der Waals surface area contributed by atoms with Gasteiger partial charge in [0.15, 0.2) is 0 Å². The summed E-state index contributed by atoms with van der Waals surface area (Å²) in [6.07, 6.45) is 5.66. The Hall–Kier alpha value is -1.55. The maximum Gasteiger partial charge on any atom is 0.226 e. The second kappa shape index (κ2) is 5.83. The van der Waals surface area contributed by atoms with Crippen LogP contribution in [0.2, 0.25) is 0 Å². The number of amides is 1. The zero-order chi connectivity index (χ0) is 14.8. The first-order valence-electron chi connectivity index (χ1n) is 7.29. The molecule has 1 amide bonds. The van der Waals surface area contributed by atoms with Gasteiger partial charge in [0.05, 0.1) is 0 Å². The van der Waals surface area contributed by atoms with E-state index < -0.39 is 0 Å². The van der Waals surface area contributed by atoms with Gasteiger partial charge in [0.25, 0.3) is 0 Å². The van der Waals surface area contributed by atoms with E-state index in [4.69, 9.17) is 5.73 Å². The Morgan fingerprint density at radius 1 is 1.25 bits per heavy atom. The van der Waals surface area contributed by atoms with Crippen LogP contribution in [0.5, 0.6) is 5.75 Å². The van der Waals surface area contributed by atoms with Crippen LogP contribution in [0.25, 0.3) is 0 Å². The Morgan fingerprint density at radius 2 is 1.90 bits per heavy atom. The van der Waals surface area contributed by atoms with Gasteiger partial charge in [-0.1, -0.05) is 19.3 Å². The summed E-state index contributed by atoms with van der Waals surface area (Å²) in [6.45, 7) is 3.68. The van der Waals surface area contributed by atoms with Crippen molar-refractivity contribution in [3.8, 4) is 5.75 Å². The highest BCUT2D eigenvalue weighted by Gasteiger charge is 2.30. The van der Waals surface area contributed by atoms with Crippen molar-refractivity contribution in [3.05, 3.63) is 23.3 Å². The first kappa shape index (κ1) is 14.9. The van der Waals surface area contributed by atoms with Crippen LogP contribution in [0.15, 0.2) is 12.1 Å². The summed E-state index contributed by atoms with van der Waals surface area (Å²) in [5.41, 5.74) is 8.33. The van der Waals surface area contributed by atoms with Crippen molar-refractivity contribution >= 4 is 11.6 Å². The smallest absolute Gasteiger partial charge is 0.226 e. The number of hydrogen-bond donors (Lipinski definition) is 3. The molecule has 20 heavy (non-hydrogen) atoms. The third kappa shape index (κ3) is 3.51. The highest BCUT2D eigenvalue weighted by atomic mass is 16.3. The van der Waals surface area contributed by atoms with Crippen LogP contribution in [-0.4, -0.2) is 16.6 Å². The number of anilines is 1. The van der Waals surface area contributed by atoms with Crippen molar-refractivity contribution in [2.45, 2.75) is 57.9 Å². The Labute approximate surface area is 120 Å². The van der Waals surface area contributed by atoms with E-state index in [1.807, 2.05) is 13.8 Å². The molecule has 0 heterocycles. The summed E-state index contributed by atoms with van der Waals surface area (Å²) in [5.74, 6) is 0.214. The number of aryl methyl sites for hydroxylation is 2. The molecule has 1 aromatic carbocycles. The van der Waals surface area contributed by atoms with Gasteiger partial charge in [-0.3, -0.25) is 4.79 Å². The minimum absolute atomic E-state index is 0.0393. The minimum Gasteiger partial charge on any atom is -0.508 e. The molecule has 1 aliphatic carbocycles. The highest BCUT2D eigenvalue weighted by molar-refractivity contribution is 5.92. The number of rotatable bonds is 3. The van der Waals surface area contributed by atoms with Gasteiger partial charge in [-0.05, 0) is 49.9 Å². The average molecular weight is 276 g/mol. The molecule has 0 spiro atoms. The van der Waals surface area contributed by atoms with Crippen LogP contribution >= 0.6 is 0 Å². The number of benzene rings is 1. The molecule has 0 aromatic heterocycles. The van der Waals surface area contributed by atoms with E-state index in [9.17, 15) is 9.90 Å².